The molecule has 7 nitrogen and oxygen atoms in total. The van der Waals surface area contributed by atoms with Crippen LogP contribution in [0.5, 0.6) is 11.5 Å². The Kier molecular flexibility index (Phi) is 5.42. The number of hydrogen-bond donors (Lipinski definition) is 2. The first-order valence-corrected chi connectivity index (χ1v) is 8.48. The number of amides is 1. The number of benzene rings is 1. The van der Waals surface area contributed by atoms with Gasteiger partial charge in [0, 0.05) is 30.9 Å². The molecule has 2 aromatic rings. The molecule has 1 saturated heterocycles. The smallest absolute Gasteiger partial charge is 0.258 e. The lowest BCUT2D eigenvalue weighted by Crippen LogP contribution is -2.46. The number of H-pyrrole nitrogens is 1. The third kappa shape index (κ3) is 4.43. The van der Waals surface area contributed by atoms with Gasteiger partial charge in [-0.05, 0) is 31.9 Å². The highest BCUT2D eigenvalue weighted by atomic mass is 16.5. The van der Waals surface area contributed by atoms with Crippen LogP contribution in [0.4, 0.5) is 5.82 Å². The van der Waals surface area contributed by atoms with Crippen LogP contribution in [0.15, 0.2) is 30.3 Å². The number of aryl methyl sites for hydroxylation is 1. The molecule has 0 saturated carbocycles. The number of hydrogen-bond acceptors (Lipinski definition) is 5. The van der Waals surface area contributed by atoms with Crippen LogP contribution in [0.1, 0.15) is 18.5 Å². The van der Waals surface area contributed by atoms with Crippen molar-refractivity contribution < 1.29 is 14.3 Å². The molecule has 0 unspecified atom stereocenters. The van der Waals surface area contributed by atoms with Gasteiger partial charge < -0.3 is 19.7 Å². The maximum absolute atomic E-state index is 12.1. The van der Waals surface area contributed by atoms with Gasteiger partial charge in [-0.2, -0.15) is 5.10 Å². The molecule has 1 aromatic carbocycles. The predicted octanol–water partition coefficient (Wildman–Crippen LogP) is 1.89. The van der Waals surface area contributed by atoms with E-state index in [9.17, 15) is 4.79 Å². The molecule has 2 heterocycles. The second-order valence-electron chi connectivity index (χ2n) is 6.18. The van der Waals surface area contributed by atoms with Crippen LogP contribution in [0.2, 0.25) is 0 Å². The molecular weight excluding hydrogens is 320 g/mol. The summed E-state index contributed by atoms with van der Waals surface area (Å²) in [6.07, 6.45) is 1.79. The minimum absolute atomic E-state index is 0.0147. The van der Waals surface area contributed by atoms with Crippen LogP contribution in [-0.2, 0) is 4.79 Å². The Hall–Kier alpha value is -2.70. The normalized spacial score (nSPS) is 15.0. The zero-order valence-electron chi connectivity index (χ0n) is 14.6. The molecule has 0 radical (unpaired) electrons. The molecule has 134 valence electrons. The number of aromatic nitrogens is 2. The van der Waals surface area contributed by atoms with E-state index in [4.69, 9.17) is 9.47 Å². The first-order valence-electron chi connectivity index (χ1n) is 8.48. The average Bonchev–Trinajstić information content (AvgIpc) is 3.07. The highest BCUT2D eigenvalue weighted by Crippen LogP contribution is 2.25. The Bertz CT molecular complexity index is 708. The molecule has 7 heteroatoms. The summed E-state index contributed by atoms with van der Waals surface area (Å²) in [5.74, 6) is 2.06. The number of aromatic amines is 1. The summed E-state index contributed by atoms with van der Waals surface area (Å²) < 4.78 is 10.8. The fourth-order valence-electron chi connectivity index (χ4n) is 2.97. The summed E-state index contributed by atoms with van der Waals surface area (Å²) >= 11 is 0. The van der Waals surface area contributed by atoms with E-state index in [0.29, 0.717) is 11.5 Å². The van der Waals surface area contributed by atoms with Gasteiger partial charge in [0.2, 0.25) is 0 Å². The summed E-state index contributed by atoms with van der Waals surface area (Å²) in [5.41, 5.74) is 1.05. The van der Waals surface area contributed by atoms with E-state index in [1.807, 2.05) is 25.1 Å². The maximum atomic E-state index is 12.1. The van der Waals surface area contributed by atoms with E-state index in [-0.39, 0.29) is 18.6 Å². The van der Waals surface area contributed by atoms with Gasteiger partial charge in [-0.25, -0.2) is 0 Å². The Labute approximate surface area is 147 Å². The van der Waals surface area contributed by atoms with Crippen molar-refractivity contribution in [1.29, 1.82) is 0 Å². The van der Waals surface area contributed by atoms with Gasteiger partial charge in [0.25, 0.3) is 5.91 Å². The van der Waals surface area contributed by atoms with E-state index in [0.717, 1.165) is 37.4 Å². The van der Waals surface area contributed by atoms with Crippen molar-refractivity contribution in [2.24, 2.45) is 0 Å². The molecule has 1 fully saturated rings. The maximum Gasteiger partial charge on any atom is 0.258 e. The van der Waals surface area contributed by atoms with Gasteiger partial charge in [-0.1, -0.05) is 12.1 Å². The molecule has 2 N–H and O–H groups in total. The molecule has 1 aliphatic rings. The van der Waals surface area contributed by atoms with Gasteiger partial charge in [-0.3, -0.25) is 9.89 Å². The molecule has 1 amide bonds. The van der Waals surface area contributed by atoms with E-state index in [2.05, 4.69) is 20.4 Å². The van der Waals surface area contributed by atoms with Crippen molar-refractivity contribution in [2.75, 3.05) is 31.7 Å². The quantitative estimate of drug-likeness (QED) is 0.837. The van der Waals surface area contributed by atoms with Crippen molar-refractivity contribution in [3.63, 3.8) is 0 Å². The second kappa shape index (κ2) is 7.92. The third-order valence-electron chi connectivity index (χ3n) is 4.30. The monoisotopic (exact) mass is 344 g/mol. The van der Waals surface area contributed by atoms with E-state index in [1.54, 1.807) is 19.2 Å². The van der Waals surface area contributed by atoms with Gasteiger partial charge >= 0.3 is 0 Å². The van der Waals surface area contributed by atoms with Gasteiger partial charge in [0.1, 0.15) is 0 Å². The zero-order chi connectivity index (χ0) is 17.6. The summed E-state index contributed by atoms with van der Waals surface area (Å²) in [7, 11) is 1.58. The van der Waals surface area contributed by atoms with Crippen molar-refractivity contribution in [3.05, 3.63) is 36.0 Å². The van der Waals surface area contributed by atoms with Crippen LogP contribution < -0.4 is 19.7 Å². The van der Waals surface area contributed by atoms with Crippen LogP contribution in [-0.4, -0.2) is 49.0 Å². The lowest BCUT2D eigenvalue weighted by molar-refractivity contribution is -0.123. The molecular formula is C18H24N4O3. The number of nitrogens with zero attached hydrogens (tertiary/aromatic N) is 2. The molecule has 0 atom stereocenters. The van der Waals surface area contributed by atoms with Crippen LogP contribution in [0.25, 0.3) is 0 Å². The number of rotatable bonds is 6. The second-order valence-corrected chi connectivity index (χ2v) is 6.18. The van der Waals surface area contributed by atoms with Gasteiger partial charge in [0.05, 0.1) is 7.11 Å². The number of anilines is 1. The van der Waals surface area contributed by atoms with Gasteiger partial charge in [-0.15, -0.1) is 0 Å². The Morgan fingerprint density at radius 1 is 1.32 bits per heavy atom. The first-order chi connectivity index (χ1) is 12.2. The summed E-state index contributed by atoms with van der Waals surface area (Å²) in [5, 5.41) is 10.3. The van der Waals surface area contributed by atoms with Crippen LogP contribution in [0, 0.1) is 6.92 Å². The number of carbonyl (C=O) groups excluding carboxylic acids is 1. The van der Waals surface area contributed by atoms with Crippen molar-refractivity contribution in [3.8, 4) is 11.5 Å². The summed E-state index contributed by atoms with van der Waals surface area (Å²) in [6, 6.07) is 9.52. The van der Waals surface area contributed by atoms with E-state index < -0.39 is 0 Å². The number of nitrogens with one attached hydrogen (secondary N) is 2. The first kappa shape index (κ1) is 17.1. The fourth-order valence-corrected chi connectivity index (χ4v) is 2.97. The molecule has 0 aliphatic carbocycles. The summed E-state index contributed by atoms with van der Waals surface area (Å²) in [6.45, 7) is 3.73. The van der Waals surface area contributed by atoms with Crippen LogP contribution in [0.3, 0.4) is 0 Å². The predicted molar refractivity (Wildman–Crippen MR) is 95.2 cm³/mol. The largest absolute Gasteiger partial charge is 0.493 e. The lowest BCUT2D eigenvalue weighted by atomic mass is 10.1. The number of para-hydroxylation sites is 2. The topological polar surface area (TPSA) is 79.5 Å². The Morgan fingerprint density at radius 2 is 2.04 bits per heavy atom. The third-order valence-corrected chi connectivity index (χ3v) is 4.30. The SMILES string of the molecule is COc1ccccc1OCC(=O)NC1CCN(c2cc(C)[nH]n2)CC1. The zero-order valence-corrected chi connectivity index (χ0v) is 14.6. The average molecular weight is 344 g/mol. The molecule has 1 aromatic heterocycles. The molecule has 1 aliphatic heterocycles. The minimum atomic E-state index is -0.111. The fraction of sp³-hybridized carbons (Fsp3) is 0.444. The van der Waals surface area contributed by atoms with E-state index >= 15 is 0 Å². The molecule has 0 bridgehead atoms. The molecule has 3 rings (SSSR count). The number of piperidine rings is 1. The Morgan fingerprint density at radius 3 is 2.68 bits per heavy atom. The van der Waals surface area contributed by atoms with Crippen molar-refractivity contribution >= 4 is 11.7 Å². The summed E-state index contributed by atoms with van der Waals surface area (Å²) in [4.78, 5) is 14.4. The highest BCUT2D eigenvalue weighted by molar-refractivity contribution is 5.78. The van der Waals surface area contributed by atoms with Crippen LogP contribution >= 0.6 is 0 Å². The highest BCUT2D eigenvalue weighted by Gasteiger charge is 2.22. The number of ether oxygens (including phenoxy) is 2. The molecule has 25 heavy (non-hydrogen) atoms. The number of carbonyl (C=O) groups is 1. The van der Waals surface area contributed by atoms with Crippen molar-refractivity contribution in [1.82, 2.24) is 15.5 Å². The van der Waals surface area contributed by atoms with Gasteiger partial charge in [0.15, 0.2) is 23.9 Å². The standard InChI is InChI=1S/C18H24N4O3/c1-13-11-17(21-20-13)22-9-7-14(8-10-22)19-18(23)12-25-16-6-4-3-5-15(16)24-2/h3-6,11,14H,7-10,12H2,1-2H3,(H,19,23)(H,20,21). The Balaban J connectivity index is 1.43. The van der Waals surface area contributed by atoms with Crippen molar-refractivity contribution in [2.45, 2.75) is 25.8 Å². The minimum Gasteiger partial charge on any atom is -0.493 e. The lowest BCUT2D eigenvalue weighted by Gasteiger charge is -2.32. The number of methoxy groups -OCH3 is 1. The van der Waals surface area contributed by atoms with E-state index in [1.165, 1.54) is 0 Å². The molecule has 0 spiro atoms.